The number of hydrogen-bond donors (Lipinski definition) is 1. The highest BCUT2D eigenvalue weighted by atomic mass is 15.0. The van der Waals surface area contributed by atoms with Gasteiger partial charge < -0.3 is 5.32 Å². The Balaban J connectivity index is 1.94. The second-order valence-corrected chi connectivity index (χ2v) is 6.62. The van der Waals surface area contributed by atoms with E-state index >= 15 is 0 Å². The monoisotopic (exact) mass is 223 g/mol. The standard InChI is InChI=1S/C15H29N/c1-4-10-16-14(15(3)8-9-15)13-7-5-6-12(2)11-13/h12-14,16H,4-11H2,1-3H3. The fourth-order valence-electron chi connectivity index (χ4n) is 3.57. The fourth-order valence-corrected chi connectivity index (χ4v) is 3.57. The molecule has 2 saturated carbocycles. The molecule has 0 amide bonds. The molecule has 0 saturated heterocycles. The van der Waals surface area contributed by atoms with Crippen LogP contribution in [0.15, 0.2) is 0 Å². The van der Waals surface area contributed by atoms with E-state index < -0.39 is 0 Å². The van der Waals surface area contributed by atoms with Crippen LogP contribution in [0.3, 0.4) is 0 Å². The van der Waals surface area contributed by atoms with Crippen molar-refractivity contribution >= 4 is 0 Å². The molecule has 0 bridgehead atoms. The summed E-state index contributed by atoms with van der Waals surface area (Å²) in [5.41, 5.74) is 0.650. The summed E-state index contributed by atoms with van der Waals surface area (Å²) < 4.78 is 0. The second kappa shape index (κ2) is 5.08. The van der Waals surface area contributed by atoms with Crippen LogP contribution in [-0.4, -0.2) is 12.6 Å². The average Bonchev–Trinajstić information content (AvgIpc) is 2.98. The SMILES string of the molecule is CCCNC(C1CCCC(C)C1)C1(C)CC1. The maximum absolute atomic E-state index is 3.86. The summed E-state index contributed by atoms with van der Waals surface area (Å²) in [4.78, 5) is 0. The molecule has 0 radical (unpaired) electrons. The van der Waals surface area contributed by atoms with Gasteiger partial charge in [-0.1, -0.05) is 33.6 Å². The van der Waals surface area contributed by atoms with Crippen molar-refractivity contribution in [3.8, 4) is 0 Å². The van der Waals surface area contributed by atoms with Gasteiger partial charge in [0.15, 0.2) is 0 Å². The summed E-state index contributed by atoms with van der Waals surface area (Å²) in [5, 5.41) is 3.86. The number of rotatable bonds is 5. The summed E-state index contributed by atoms with van der Waals surface area (Å²) in [6.07, 6.45) is 10.1. The Hall–Kier alpha value is -0.0400. The summed E-state index contributed by atoms with van der Waals surface area (Å²) in [6.45, 7) is 8.44. The van der Waals surface area contributed by atoms with E-state index in [2.05, 4.69) is 26.1 Å². The van der Waals surface area contributed by atoms with Crippen molar-refractivity contribution < 1.29 is 0 Å². The first-order chi connectivity index (χ1) is 7.65. The minimum atomic E-state index is 0.650. The summed E-state index contributed by atoms with van der Waals surface area (Å²) in [7, 11) is 0. The molecule has 2 aliphatic carbocycles. The molecule has 0 spiro atoms. The van der Waals surface area contributed by atoms with Crippen molar-refractivity contribution in [1.29, 1.82) is 0 Å². The van der Waals surface area contributed by atoms with E-state index in [1.165, 1.54) is 51.5 Å². The average molecular weight is 223 g/mol. The van der Waals surface area contributed by atoms with E-state index in [9.17, 15) is 0 Å². The van der Waals surface area contributed by atoms with E-state index in [-0.39, 0.29) is 0 Å². The normalized spacial score (nSPS) is 34.7. The highest BCUT2D eigenvalue weighted by Crippen LogP contribution is 2.52. The van der Waals surface area contributed by atoms with Crippen molar-refractivity contribution in [1.82, 2.24) is 5.32 Å². The number of nitrogens with one attached hydrogen (secondary N) is 1. The third kappa shape index (κ3) is 2.80. The molecule has 2 fully saturated rings. The minimum absolute atomic E-state index is 0.650. The molecule has 1 N–H and O–H groups in total. The first kappa shape index (κ1) is 12.4. The summed E-state index contributed by atoms with van der Waals surface area (Å²) in [5.74, 6) is 1.93. The Morgan fingerprint density at radius 3 is 2.62 bits per heavy atom. The van der Waals surface area contributed by atoms with Crippen molar-refractivity contribution in [3.05, 3.63) is 0 Å². The molecule has 0 aromatic rings. The van der Waals surface area contributed by atoms with Gasteiger partial charge in [-0.2, -0.15) is 0 Å². The highest BCUT2D eigenvalue weighted by Gasteiger charge is 2.47. The van der Waals surface area contributed by atoms with E-state index in [0.29, 0.717) is 5.41 Å². The molecule has 3 atom stereocenters. The Morgan fingerprint density at radius 2 is 2.06 bits per heavy atom. The fraction of sp³-hybridized carbons (Fsp3) is 1.00. The first-order valence-corrected chi connectivity index (χ1v) is 7.39. The zero-order valence-corrected chi connectivity index (χ0v) is 11.4. The molecule has 2 rings (SSSR count). The molecule has 3 unspecified atom stereocenters. The Kier molecular flexibility index (Phi) is 3.94. The number of hydrogen-bond acceptors (Lipinski definition) is 1. The molecule has 16 heavy (non-hydrogen) atoms. The highest BCUT2D eigenvalue weighted by molar-refractivity contribution is 5.02. The molecule has 0 aromatic carbocycles. The van der Waals surface area contributed by atoms with Crippen LogP contribution >= 0.6 is 0 Å². The predicted octanol–water partition coefficient (Wildman–Crippen LogP) is 3.98. The van der Waals surface area contributed by atoms with Crippen LogP contribution in [0.1, 0.15) is 65.7 Å². The van der Waals surface area contributed by atoms with Gasteiger partial charge in [-0.25, -0.2) is 0 Å². The van der Waals surface area contributed by atoms with Gasteiger partial charge in [0.2, 0.25) is 0 Å². The van der Waals surface area contributed by atoms with Crippen LogP contribution in [0, 0.1) is 17.3 Å². The van der Waals surface area contributed by atoms with Gasteiger partial charge in [-0.3, -0.25) is 0 Å². The van der Waals surface area contributed by atoms with E-state index in [1.807, 2.05) is 0 Å². The van der Waals surface area contributed by atoms with Crippen molar-refractivity contribution in [2.45, 2.75) is 71.8 Å². The van der Waals surface area contributed by atoms with E-state index in [0.717, 1.165) is 17.9 Å². The molecule has 2 aliphatic rings. The third-order valence-corrected chi connectivity index (χ3v) is 4.85. The molecule has 0 heterocycles. The molecule has 1 nitrogen and oxygen atoms in total. The zero-order chi connectivity index (χ0) is 11.6. The maximum atomic E-state index is 3.86. The van der Waals surface area contributed by atoms with Gasteiger partial charge in [0.1, 0.15) is 0 Å². The predicted molar refractivity (Wildman–Crippen MR) is 70.5 cm³/mol. The van der Waals surface area contributed by atoms with Gasteiger partial charge in [-0.15, -0.1) is 0 Å². The van der Waals surface area contributed by atoms with Crippen LogP contribution in [-0.2, 0) is 0 Å². The van der Waals surface area contributed by atoms with E-state index in [1.54, 1.807) is 0 Å². The van der Waals surface area contributed by atoms with Gasteiger partial charge in [0.05, 0.1) is 0 Å². The van der Waals surface area contributed by atoms with E-state index in [4.69, 9.17) is 0 Å². The van der Waals surface area contributed by atoms with Gasteiger partial charge in [0, 0.05) is 6.04 Å². The molecular weight excluding hydrogens is 194 g/mol. The van der Waals surface area contributed by atoms with Crippen LogP contribution in [0.5, 0.6) is 0 Å². The van der Waals surface area contributed by atoms with Gasteiger partial charge in [0.25, 0.3) is 0 Å². The summed E-state index contributed by atoms with van der Waals surface area (Å²) >= 11 is 0. The molecule has 0 aliphatic heterocycles. The second-order valence-electron chi connectivity index (χ2n) is 6.62. The van der Waals surface area contributed by atoms with Crippen LogP contribution in [0.25, 0.3) is 0 Å². The Labute approximate surface area is 101 Å². The van der Waals surface area contributed by atoms with Crippen molar-refractivity contribution in [2.24, 2.45) is 17.3 Å². The van der Waals surface area contributed by atoms with Crippen LogP contribution in [0.4, 0.5) is 0 Å². The molecule has 94 valence electrons. The van der Waals surface area contributed by atoms with Crippen LogP contribution in [0.2, 0.25) is 0 Å². The molecular formula is C15H29N. The van der Waals surface area contributed by atoms with Crippen molar-refractivity contribution in [2.75, 3.05) is 6.54 Å². The zero-order valence-electron chi connectivity index (χ0n) is 11.4. The van der Waals surface area contributed by atoms with Crippen molar-refractivity contribution in [3.63, 3.8) is 0 Å². The lowest BCUT2D eigenvalue weighted by atomic mass is 9.74. The lowest BCUT2D eigenvalue weighted by Gasteiger charge is -2.37. The largest absolute Gasteiger partial charge is 0.313 e. The van der Waals surface area contributed by atoms with Gasteiger partial charge in [-0.05, 0) is 55.9 Å². The topological polar surface area (TPSA) is 12.0 Å². The Morgan fingerprint density at radius 1 is 1.31 bits per heavy atom. The lowest BCUT2D eigenvalue weighted by Crippen LogP contribution is -2.44. The third-order valence-electron chi connectivity index (χ3n) is 4.85. The minimum Gasteiger partial charge on any atom is -0.313 e. The van der Waals surface area contributed by atoms with Gasteiger partial charge >= 0.3 is 0 Å². The lowest BCUT2D eigenvalue weighted by molar-refractivity contribution is 0.173. The van der Waals surface area contributed by atoms with Crippen LogP contribution < -0.4 is 5.32 Å². The molecule has 1 heteroatoms. The Bertz CT molecular complexity index is 219. The molecule has 0 aromatic heterocycles. The quantitative estimate of drug-likeness (QED) is 0.743. The smallest absolute Gasteiger partial charge is 0.0149 e. The maximum Gasteiger partial charge on any atom is 0.0149 e. The first-order valence-electron chi connectivity index (χ1n) is 7.39. The summed E-state index contributed by atoms with van der Waals surface area (Å²) in [6, 6.07) is 0.815.